The Morgan fingerprint density at radius 2 is 2.05 bits per heavy atom. The third kappa shape index (κ3) is 5.35. The van der Waals surface area contributed by atoms with Gasteiger partial charge in [0.05, 0.1) is 5.75 Å². The fraction of sp³-hybridized carbons (Fsp3) is 0.533. The highest BCUT2D eigenvalue weighted by molar-refractivity contribution is 8.00. The summed E-state index contributed by atoms with van der Waals surface area (Å²) in [5.41, 5.74) is 0. The van der Waals surface area contributed by atoms with Crippen molar-refractivity contribution in [3.8, 4) is 0 Å². The van der Waals surface area contributed by atoms with E-state index in [0.717, 1.165) is 37.2 Å². The van der Waals surface area contributed by atoms with Gasteiger partial charge < -0.3 is 10.2 Å². The van der Waals surface area contributed by atoms with Gasteiger partial charge in [-0.15, -0.1) is 24.2 Å². The Kier molecular flexibility index (Phi) is 8.04. The molecule has 20 heavy (non-hydrogen) atoms. The summed E-state index contributed by atoms with van der Waals surface area (Å²) in [6.07, 6.45) is 3.34. The van der Waals surface area contributed by atoms with Crippen LogP contribution in [0.25, 0.3) is 0 Å². The first-order chi connectivity index (χ1) is 9.27. The van der Waals surface area contributed by atoms with Gasteiger partial charge in [0.15, 0.2) is 0 Å². The third-order valence-electron chi connectivity index (χ3n) is 3.59. The average molecular weight is 315 g/mol. The number of halogens is 1. The molecule has 112 valence electrons. The lowest BCUT2D eigenvalue weighted by Crippen LogP contribution is -2.38. The Hall–Kier alpha value is -0.710. The van der Waals surface area contributed by atoms with Crippen molar-refractivity contribution in [1.29, 1.82) is 0 Å². The molecule has 1 aliphatic rings. The zero-order valence-corrected chi connectivity index (χ0v) is 13.5. The Bertz CT molecular complexity index is 394. The molecule has 0 aliphatic carbocycles. The van der Waals surface area contributed by atoms with E-state index in [4.69, 9.17) is 0 Å². The minimum atomic E-state index is 0. The molecule has 1 saturated heterocycles. The molecule has 1 aromatic rings. The number of rotatable bonds is 4. The number of carbonyl (C=O) groups is 1. The monoisotopic (exact) mass is 314 g/mol. The van der Waals surface area contributed by atoms with Gasteiger partial charge in [-0.2, -0.15) is 0 Å². The molecule has 0 radical (unpaired) electrons. The summed E-state index contributed by atoms with van der Waals surface area (Å²) in [6.45, 7) is 2.10. The lowest BCUT2D eigenvalue weighted by molar-refractivity contribution is -0.129. The zero-order valence-electron chi connectivity index (χ0n) is 11.9. The van der Waals surface area contributed by atoms with Crippen LogP contribution in [0.5, 0.6) is 0 Å². The zero-order chi connectivity index (χ0) is 13.5. The van der Waals surface area contributed by atoms with Crippen LogP contribution >= 0.6 is 24.2 Å². The van der Waals surface area contributed by atoms with Crippen molar-refractivity contribution in [3.05, 3.63) is 30.3 Å². The quantitative estimate of drug-likeness (QED) is 0.867. The number of amides is 1. The Balaban J connectivity index is 0.00000200. The van der Waals surface area contributed by atoms with Gasteiger partial charge in [0.25, 0.3) is 0 Å². The summed E-state index contributed by atoms with van der Waals surface area (Å²) in [4.78, 5) is 15.3. The van der Waals surface area contributed by atoms with Gasteiger partial charge in [-0.05, 0) is 44.5 Å². The van der Waals surface area contributed by atoms with Gasteiger partial charge in [-0.25, -0.2) is 0 Å². The maximum atomic E-state index is 12.2. The molecule has 1 N–H and O–H groups in total. The van der Waals surface area contributed by atoms with E-state index >= 15 is 0 Å². The van der Waals surface area contributed by atoms with E-state index < -0.39 is 0 Å². The lowest BCUT2D eigenvalue weighted by atomic mass is 10.1. The third-order valence-corrected chi connectivity index (χ3v) is 4.59. The summed E-state index contributed by atoms with van der Waals surface area (Å²) < 4.78 is 0. The van der Waals surface area contributed by atoms with E-state index in [0.29, 0.717) is 11.8 Å². The molecule has 1 amide bonds. The minimum absolute atomic E-state index is 0. The topological polar surface area (TPSA) is 32.3 Å². The normalized spacial score (nSPS) is 18.8. The van der Waals surface area contributed by atoms with Gasteiger partial charge in [0.2, 0.25) is 5.91 Å². The fourth-order valence-corrected chi connectivity index (χ4v) is 3.20. The van der Waals surface area contributed by atoms with Crippen molar-refractivity contribution in [1.82, 2.24) is 10.2 Å². The molecule has 2 rings (SSSR count). The van der Waals surface area contributed by atoms with Crippen molar-refractivity contribution in [2.24, 2.45) is 0 Å². The fourth-order valence-electron chi connectivity index (χ4n) is 2.36. The van der Waals surface area contributed by atoms with Crippen molar-refractivity contribution in [2.75, 3.05) is 25.9 Å². The van der Waals surface area contributed by atoms with Crippen molar-refractivity contribution in [3.63, 3.8) is 0 Å². The van der Waals surface area contributed by atoms with Crippen LogP contribution in [0, 0.1) is 0 Å². The van der Waals surface area contributed by atoms with E-state index in [-0.39, 0.29) is 18.3 Å². The van der Waals surface area contributed by atoms with Gasteiger partial charge in [0.1, 0.15) is 0 Å². The van der Waals surface area contributed by atoms with Crippen molar-refractivity contribution < 1.29 is 4.79 Å². The molecule has 0 saturated carbocycles. The average Bonchev–Trinajstić information content (AvgIpc) is 2.74. The second-order valence-electron chi connectivity index (χ2n) is 4.94. The number of thioether (sulfide) groups is 1. The summed E-state index contributed by atoms with van der Waals surface area (Å²) >= 11 is 1.62. The summed E-state index contributed by atoms with van der Waals surface area (Å²) in [5, 5.41) is 3.39. The molecule has 1 aromatic carbocycles. The molecular formula is C15H23ClN2OS. The smallest absolute Gasteiger partial charge is 0.232 e. The predicted octanol–water partition coefficient (Wildman–Crippen LogP) is 2.80. The SMILES string of the molecule is CN(C(=O)CSc1ccccc1)C1CCCNCC1.Cl. The van der Waals surface area contributed by atoms with Gasteiger partial charge >= 0.3 is 0 Å². The minimum Gasteiger partial charge on any atom is -0.342 e. The number of nitrogens with one attached hydrogen (secondary N) is 1. The second kappa shape index (κ2) is 9.27. The van der Waals surface area contributed by atoms with Gasteiger partial charge in [-0.1, -0.05) is 18.2 Å². The highest BCUT2D eigenvalue weighted by Gasteiger charge is 2.20. The Morgan fingerprint density at radius 3 is 2.80 bits per heavy atom. The molecule has 0 aromatic heterocycles. The lowest BCUT2D eigenvalue weighted by Gasteiger charge is -2.27. The van der Waals surface area contributed by atoms with Crippen LogP contribution < -0.4 is 5.32 Å². The van der Waals surface area contributed by atoms with Crippen molar-refractivity contribution >= 4 is 30.1 Å². The second-order valence-corrected chi connectivity index (χ2v) is 5.99. The molecule has 1 heterocycles. The highest BCUT2D eigenvalue weighted by Crippen LogP contribution is 2.19. The number of carbonyl (C=O) groups excluding carboxylic acids is 1. The number of benzene rings is 1. The van der Waals surface area contributed by atoms with Crippen molar-refractivity contribution in [2.45, 2.75) is 30.2 Å². The van der Waals surface area contributed by atoms with E-state index in [1.165, 1.54) is 0 Å². The predicted molar refractivity (Wildman–Crippen MR) is 87.7 cm³/mol. The van der Waals surface area contributed by atoms with E-state index in [2.05, 4.69) is 5.32 Å². The van der Waals surface area contributed by atoms with Crippen LogP contribution in [0.1, 0.15) is 19.3 Å². The number of hydrogen-bond donors (Lipinski definition) is 1. The maximum absolute atomic E-state index is 12.2. The first kappa shape index (κ1) is 17.3. The maximum Gasteiger partial charge on any atom is 0.232 e. The van der Waals surface area contributed by atoms with Gasteiger partial charge in [0, 0.05) is 18.0 Å². The summed E-state index contributed by atoms with van der Waals surface area (Å²) in [7, 11) is 1.95. The van der Waals surface area contributed by atoms with Crippen LogP contribution in [-0.2, 0) is 4.79 Å². The molecular weight excluding hydrogens is 292 g/mol. The molecule has 1 aliphatic heterocycles. The van der Waals surface area contributed by atoms with Crippen LogP contribution in [0.4, 0.5) is 0 Å². The molecule has 1 unspecified atom stereocenters. The first-order valence-electron chi connectivity index (χ1n) is 6.91. The largest absolute Gasteiger partial charge is 0.342 e. The van der Waals surface area contributed by atoms with Gasteiger partial charge in [-0.3, -0.25) is 4.79 Å². The number of hydrogen-bond acceptors (Lipinski definition) is 3. The molecule has 1 atom stereocenters. The summed E-state index contributed by atoms with van der Waals surface area (Å²) in [5.74, 6) is 0.769. The van der Waals surface area contributed by atoms with Crippen LogP contribution in [0.3, 0.4) is 0 Å². The van der Waals surface area contributed by atoms with Crippen LogP contribution in [-0.4, -0.2) is 42.7 Å². The van der Waals surface area contributed by atoms with E-state index in [1.807, 2.05) is 42.3 Å². The molecule has 0 spiro atoms. The molecule has 5 heteroatoms. The summed E-state index contributed by atoms with van der Waals surface area (Å²) in [6, 6.07) is 10.5. The Morgan fingerprint density at radius 1 is 1.30 bits per heavy atom. The van der Waals surface area contributed by atoms with Crippen LogP contribution in [0.15, 0.2) is 35.2 Å². The Labute approximate surface area is 131 Å². The molecule has 3 nitrogen and oxygen atoms in total. The van der Waals surface area contributed by atoms with E-state index in [1.54, 1.807) is 11.8 Å². The van der Waals surface area contributed by atoms with E-state index in [9.17, 15) is 4.79 Å². The number of nitrogens with zero attached hydrogens (tertiary/aromatic N) is 1. The standard InChI is InChI=1S/C15H22N2OS.ClH/c1-17(13-6-5-10-16-11-9-13)15(18)12-19-14-7-3-2-4-8-14;/h2-4,7-8,13,16H,5-6,9-12H2,1H3;1H. The van der Waals surface area contributed by atoms with Crippen LogP contribution in [0.2, 0.25) is 0 Å². The first-order valence-corrected chi connectivity index (χ1v) is 7.90. The molecule has 0 bridgehead atoms. The highest BCUT2D eigenvalue weighted by atomic mass is 35.5. The molecule has 1 fully saturated rings.